The topological polar surface area (TPSA) is 101 Å². The number of nitrogens with two attached hydrogens (primary N) is 1. The minimum absolute atomic E-state index is 0.0396. The second-order valence-electron chi connectivity index (χ2n) is 6.47. The normalized spacial score (nSPS) is 33.2. The summed E-state index contributed by atoms with van der Waals surface area (Å²) in [5, 5.41) is 3.02. The van der Waals surface area contributed by atoms with E-state index in [1.165, 1.54) is 6.26 Å². The molecule has 0 heterocycles. The molecule has 2 rings (SSSR count). The van der Waals surface area contributed by atoms with Gasteiger partial charge in [-0.15, -0.1) is 0 Å². The van der Waals surface area contributed by atoms with Gasteiger partial charge in [0, 0.05) is 18.5 Å². The van der Waals surface area contributed by atoms with Crippen LogP contribution < -0.4 is 15.8 Å². The molecule has 6 nitrogen and oxygen atoms in total. The fourth-order valence-electron chi connectivity index (χ4n) is 3.74. The molecule has 122 valence electrons. The summed E-state index contributed by atoms with van der Waals surface area (Å²) in [5.74, 6) is 0.630. The maximum atomic E-state index is 12.3. The average Bonchev–Trinajstić information content (AvgIpc) is 3.02. The van der Waals surface area contributed by atoms with Gasteiger partial charge < -0.3 is 11.1 Å². The van der Waals surface area contributed by atoms with Crippen LogP contribution in [0.15, 0.2) is 0 Å². The Balaban J connectivity index is 1.83. The molecule has 4 N–H and O–H groups in total. The lowest BCUT2D eigenvalue weighted by Gasteiger charge is -2.22. The molecule has 21 heavy (non-hydrogen) atoms. The SMILES string of the molecule is CS(=O)(=O)NC1CCCC1CNC(=O)[C@@H]1CCC[C@@H]1CN. The van der Waals surface area contributed by atoms with Crippen molar-refractivity contribution >= 4 is 15.9 Å². The van der Waals surface area contributed by atoms with Crippen LogP contribution in [0.5, 0.6) is 0 Å². The standard InChI is InChI=1S/C14H27N3O3S/c1-21(19,20)17-13-7-3-5-11(13)9-16-14(18)12-6-2-4-10(12)8-15/h10-13,17H,2-9,15H2,1H3,(H,16,18)/t10-,11?,12-,13?/m1/s1. The molecule has 0 bridgehead atoms. The predicted octanol–water partition coefficient (Wildman–Crippen LogP) is 0.196. The second-order valence-corrected chi connectivity index (χ2v) is 8.25. The summed E-state index contributed by atoms with van der Waals surface area (Å²) in [6.45, 7) is 1.12. The smallest absolute Gasteiger partial charge is 0.223 e. The molecular weight excluding hydrogens is 290 g/mol. The van der Waals surface area contributed by atoms with Crippen LogP contribution in [-0.2, 0) is 14.8 Å². The van der Waals surface area contributed by atoms with Gasteiger partial charge in [0.05, 0.1) is 6.26 Å². The summed E-state index contributed by atoms with van der Waals surface area (Å²) in [6, 6.07) is -0.0471. The van der Waals surface area contributed by atoms with Crippen molar-refractivity contribution in [1.29, 1.82) is 0 Å². The Morgan fingerprint density at radius 3 is 2.48 bits per heavy atom. The van der Waals surface area contributed by atoms with Crippen molar-refractivity contribution in [3.63, 3.8) is 0 Å². The number of carbonyl (C=O) groups excluding carboxylic acids is 1. The summed E-state index contributed by atoms with van der Waals surface area (Å²) >= 11 is 0. The van der Waals surface area contributed by atoms with Crippen LogP contribution in [0.4, 0.5) is 0 Å². The van der Waals surface area contributed by atoms with E-state index < -0.39 is 10.0 Å². The number of sulfonamides is 1. The van der Waals surface area contributed by atoms with Crippen LogP contribution in [0.3, 0.4) is 0 Å². The summed E-state index contributed by atoms with van der Waals surface area (Å²) in [4.78, 5) is 12.3. The van der Waals surface area contributed by atoms with Gasteiger partial charge in [-0.3, -0.25) is 4.79 Å². The van der Waals surface area contributed by atoms with Crippen LogP contribution in [0.2, 0.25) is 0 Å². The lowest BCUT2D eigenvalue weighted by atomic mass is 9.95. The molecule has 2 unspecified atom stereocenters. The quantitative estimate of drug-likeness (QED) is 0.651. The highest BCUT2D eigenvalue weighted by atomic mass is 32.2. The van der Waals surface area contributed by atoms with Gasteiger partial charge in [-0.2, -0.15) is 0 Å². The first kappa shape index (κ1) is 16.7. The molecule has 0 radical (unpaired) electrons. The fraction of sp³-hybridized carbons (Fsp3) is 0.929. The second kappa shape index (κ2) is 7.07. The number of nitrogens with one attached hydrogen (secondary N) is 2. The Hall–Kier alpha value is -0.660. The van der Waals surface area contributed by atoms with Crippen LogP contribution in [0.1, 0.15) is 38.5 Å². The van der Waals surface area contributed by atoms with Crippen molar-refractivity contribution < 1.29 is 13.2 Å². The number of amides is 1. The number of hydrogen-bond donors (Lipinski definition) is 3. The third-order valence-electron chi connectivity index (χ3n) is 4.86. The van der Waals surface area contributed by atoms with Crippen molar-refractivity contribution in [2.75, 3.05) is 19.3 Å². The number of carbonyl (C=O) groups is 1. The van der Waals surface area contributed by atoms with Gasteiger partial charge in [0.2, 0.25) is 15.9 Å². The Labute approximate surface area is 127 Å². The molecule has 1 amide bonds. The zero-order valence-electron chi connectivity index (χ0n) is 12.7. The highest BCUT2D eigenvalue weighted by Crippen LogP contribution is 2.31. The van der Waals surface area contributed by atoms with Crippen molar-refractivity contribution in [1.82, 2.24) is 10.0 Å². The van der Waals surface area contributed by atoms with Gasteiger partial charge in [0.25, 0.3) is 0 Å². The van der Waals surface area contributed by atoms with Crippen LogP contribution in [-0.4, -0.2) is 39.7 Å². The molecule has 0 saturated heterocycles. The van der Waals surface area contributed by atoms with Crippen molar-refractivity contribution in [3.05, 3.63) is 0 Å². The molecule has 7 heteroatoms. The average molecular weight is 317 g/mol. The first-order chi connectivity index (χ1) is 9.90. The zero-order chi connectivity index (χ0) is 15.5. The molecule has 0 aromatic carbocycles. The van der Waals surface area contributed by atoms with Crippen molar-refractivity contribution in [3.8, 4) is 0 Å². The molecule has 0 aliphatic heterocycles. The molecule has 0 aromatic heterocycles. The Morgan fingerprint density at radius 2 is 1.81 bits per heavy atom. The third-order valence-corrected chi connectivity index (χ3v) is 5.59. The fourth-order valence-corrected chi connectivity index (χ4v) is 4.60. The first-order valence-electron chi connectivity index (χ1n) is 7.86. The molecule has 4 atom stereocenters. The van der Waals surface area contributed by atoms with E-state index in [0.29, 0.717) is 19.0 Å². The predicted molar refractivity (Wildman–Crippen MR) is 82.0 cm³/mol. The van der Waals surface area contributed by atoms with E-state index in [-0.39, 0.29) is 23.8 Å². The molecule has 2 aliphatic rings. The molecule has 0 aromatic rings. The van der Waals surface area contributed by atoms with E-state index in [1.54, 1.807) is 0 Å². The van der Waals surface area contributed by atoms with Gasteiger partial charge >= 0.3 is 0 Å². The summed E-state index contributed by atoms with van der Waals surface area (Å²) in [5.41, 5.74) is 5.72. The monoisotopic (exact) mass is 317 g/mol. The highest BCUT2D eigenvalue weighted by molar-refractivity contribution is 7.88. The van der Waals surface area contributed by atoms with Crippen LogP contribution in [0, 0.1) is 17.8 Å². The largest absolute Gasteiger partial charge is 0.356 e. The van der Waals surface area contributed by atoms with Crippen molar-refractivity contribution in [2.45, 2.75) is 44.6 Å². The Bertz CT molecular complexity index is 466. The van der Waals surface area contributed by atoms with Crippen molar-refractivity contribution in [2.24, 2.45) is 23.5 Å². The highest BCUT2D eigenvalue weighted by Gasteiger charge is 2.34. The van der Waals surface area contributed by atoms with Crippen LogP contribution >= 0.6 is 0 Å². The van der Waals surface area contributed by atoms with E-state index in [9.17, 15) is 13.2 Å². The van der Waals surface area contributed by atoms with E-state index in [1.807, 2.05) is 0 Å². The first-order valence-corrected chi connectivity index (χ1v) is 9.75. The Kier molecular flexibility index (Phi) is 5.62. The van der Waals surface area contributed by atoms with E-state index in [2.05, 4.69) is 10.0 Å². The maximum Gasteiger partial charge on any atom is 0.223 e. The Morgan fingerprint density at radius 1 is 1.14 bits per heavy atom. The molecular formula is C14H27N3O3S. The summed E-state index contributed by atoms with van der Waals surface area (Å²) < 4.78 is 25.4. The van der Waals surface area contributed by atoms with Crippen LogP contribution in [0.25, 0.3) is 0 Å². The minimum atomic E-state index is -3.19. The van der Waals surface area contributed by atoms with Gasteiger partial charge in [-0.25, -0.2) is 13.1 Å². The van der Waals surface area contributed by atoms with Gasteiger partial charge in [-0.1, -0.05) is 12.8 Å². The lowest BCUT2D eigenvalue weighted by Crippen LogP contribution is -2.43. The third kappa shape index (κ3) is 4.66. The molecule has 2 saturated carbocycles. The molecule has 0 spiro atoms. The van der Waals surface area contributed by atoms with Gasteiger partial charge in [0.1, 0.15) is 0 Å². The summed E-state index contributed by atoms with van der Waals surface area (Å²) in [6.07, 6.45) is 7.02. The number of rotatable bonds is 6. The molecule has 2 fully saturated rings. The van der Waals surface area contributed by atoms with E-state index in [0.717, 1.165) is 38.5 Å². The van der Waals surface area contributed by atoms with E-state index >= 15 is 0 Å². The maximum absolute atomic E-state index is 12.3. The van der Waals surface area contributed by atoms with Gasteiger partial charge in [-0.05, 0) is 44.1 Å². The van der Waals surface area contributed by atoms with E-state index in [4.69, 9.17) is 5.73 Å². The molecule has 2 aliphatic carbocycles. The van der Waals surface area contributed by atoms with Gasteiger partial charge in [0.15, 0.2) is 0 Å². The lowest BCUT2D eigenvalue weighted by molar-refractivity contribution is -0.126. The summed E-state index contributed by atoms with van der Waals surface area (Å²) in [7, 11) is -3.19. The minimum Gasteiger partial charge on any atom is -0.356 e. The zero-order valence-corrected chi connectivity index (χ0v) is 13.5. The number of hydrogen-bond acceptors (Lipinski definition) is 4.